The van der Waals surface area contributed by atoms with Crippen LogP contribution in [0, 0.1) is 11.3 Å². The average Bonchev–Trinajstić information content (AvgIpc) is 2.80. The molecule has 2 amide bonds. The molecule has 1 heterocycles. The molecule has 0 atom stereocenters. The second-order valence-electron chi connectivity index (χ2n) is 4.80. The molecule has 1 aliphatic rings. The number of imide groups is 1. The molecule has 5 heteroatoms. The van der Waals surface area contributed by atoms with Crippen LogP contribution >= 0.6 is 0 Å². The molecule has 0 aromatic heterocycles. The molecule has 0 radical (unpaired) electrons. The van der Waals surface area contributed by atoms with Gasteiger partial charge in [0.15, 0.2) is 0 Å². The number of fused-ring (bicyclic) bond motifs is 1. The Morgan fingerprint density at radius 1 is 1.00 bits per heavy atom. The molecule has 0 bridgehead atoms. The van der Waals surface area contributed by atoms with Crippen LogP contribution in [0.3, 0.4) is 0 Å². The fourth-order valence-electron chi connectivity index (χ4n) is 2.35. The minimum absolute atomic E-state index is 0.170. The van der Waals surface area contributed by atoms with E-state index in [4.69, 9.17) is 10.00 Å². The molecule has 0 fully saturated rings. The Morgan fingerprint density at radius 2 is 1.68 bits per heavy atom. The summed E-state index contributed by atoms with van der Waals surface area (Å²) in [5.41, 5.74) is 1.36. The predicted molar refractivity (Wildman–Crippen MR) is 78.5 cm³/mol. The van der Waals surface area contributed by atoms with Gasteiger partial charge in [0, 0.05) is 0 Å². The number of carbonyl (C=O) groups excluding carboxylic acids is 2. The minimum Gasteiger partial charge on any atom is -0.492 e. The maximum atomic E-state index is 12.2. The molecule has 0 spiro atoms. The zero-order chi connectivity index (χ0) is 15.5. The molecule has 0 N–H and O–H groups in total. The molecule has 0 saturated heterocycles. The first-order valence-corrected chi connectivity index (χ1v) is 6.79. The van der Waals surface area contributed by atoms with Gasteiger partial charge in [-0.25, -0.2) is 0 Å². The van der Waals surface area contributed by atoms with E-state index in [1.807, 2.05) is 6.07 Å². The maximum Gasteiger partial charge on any atom is 0.261 e. The van der Waals surface area contributed by atoms with Crippen LogP contribution in [0.4, 0.5) is 0 Å². The quantitative estimate of drug-likeness (QED) is 0.810. The molecular weight excluding hydrogens is 280 g/mol. The summed E-state index contributed by atoms with van der Waals surface area (Å²) in [5.74, 6) is -0.0550. The first-order valence-electron chi connectivity index (χ1n) is 6.79. The number of hydrogen-bond donors (Lipinski definition) is 0. The lowest BCUT2D eigenvalue weighted by Crippen LogP contribution is -2.33. The molecule has 2 aromatic carbocycles. The zero-order valence-electron chi connectivity index (χ0n) is 11.7. The number of carbonyl (C=O) groups is 2. The largest absolute Gasteiger partial charge is 0.492 e. The Labute approximate surface area is 127 Å². The second-order valence-corrected chi connectivity index (χ2v) is 4.80. The number of rotatable bonds is 4. The van der Waals surface area contributed by atoms with Crippen molar-refractivity contribution in [3.63, 3.8) is 0 Å². The molecule has 3 rings (SSSR count). The number of ether oxygens (including phenoxy) is 1. The van der Waals surface area contributed by atoms with E-state index in [1.165, 1.54) is 4.90 Å². The van der Waals surface area contributed by atoms with Crippen molar-refractivity contribution >= 4 is 11.8 Å². The van der Waals surface area contributed by atoms with Gasteiger partial charge in [-0.2, -0.15) is 5.26 Å². The third kappa shape index (κ3) is 2.42. The van der Waals surface area contributed by atoms with Gasteiger partial charge >= 0.3 is 0 Å². The van der Waals surface area contributed by atoms with Gasteiger partial charge in [-0.15, -0.1) is 0 Å². The van der Waals surface area contributed by atoms with Crippen molar-refractivity contribution in [1.82, 2.24) is 4.90 Å². The Bertz CT molecular complexity index is 757. The lowest BCUT2D eigenvalue weighted by atomic mass is 10.1. The molecular formula is C17H12N2O3. The normalized spacial score (nSPS) is 13.0. The second kappa shape index (κ2) is 5.70. The first kappa shape index (κ1) is 13.8. The predicted octanol–water partition coefficient (Wildman–Crippen LogP) is 2.23. The van der Waals surface area contributed by atoms with E-state index in [1.54, 1.807) is 48.5 Å². The summed E-state index contributed by atoms with van der Waals surface area (Å²) in [5, 5.41) is 8.83. The van der Waals surface area contributed by atoms with Gasteiger partial charge in [0.05, 0.1) is 29.3 Å². The number of nitriles is 1. The molecule has 5 nitrogen and oxygen atoms in total. The van der Waals surface area contributed by atoms with E-state index in [9.17, 15) is 9.59 Å². The Balaban J connectivity index is 1.65. The van der Waals surface area contributed by atoms with Crippen LogP contribution in [0.15, 0.2) is 48.5 Å². The van der Waals surface area contributed by atoms with Gasteiger partial charge < -0.3 is 4.74 Å². The van der Waals surface area contributed by atoms with Crippen molar-refractivity contribution in [2.24, 2.45) is 0 Å². The van der Waals surface area contributed by atoms with Gasteiger partial charge in [0.1, 0.15) is 12.4 Å². The van der Waals surface area contributed by atoms with E-state index in [-0.39, 0.29) is 25.0 Å². The molecule has 2 aromatic rings. The number of benzene rings is 2. The highest BCUT2D eigenvalue weighted by Crippen LogP contribution is 2.22. The smallest absolute Gasteiger partial charge is 0.261 e. The molecule has 22 heavy (non-hydrogen) atoms. The van der Waals surface area contributed by atoms with Gasteiger partial charge in [0.2, 0.25) is 0 Å². The zero-order valence-corrected chi connectivity index (χ0v) is 11.7. The Hall–Kier alpha value is -3.13. The van der Waals surface area contributed by atoms with E-state index in [2.05, 4.69) is 0 Å². The van der Waals surface area contributed by atoms with Crippen molar-refractivity contribution < 1.29 is 14.3 Å². The topological polar surface area (TPSA) is 70.4 Å². The summed E-state index contributed by atoms with van der Waals surface area (Å²) in [4.78, 5) is 25.5. The van der Waals surface area contributed by atoms with Crippen molar-refractivity contribution in [2.75, 3.05) is 13.2 Å². The Kier molecular flexibility index (Phi) is 3.58. The van der Waals surface area contributed by atoms with Crippen LogP contribution in [-0.4, -0.2) is 29.9 Å². The summed E-state index contributed by atoms with van der Waals surface area (Å²) < 4.78 is 5.51. The highest BCUT2D eigenvalue weighted by atomic mass is 16.5. The summed E-state index contributed by atoms with van der Waals surface area (Å²) in [7, 11) is 0. The van der Waals surface area contributed by atoms with Crippen molar-refractivity contribution in [3.8, 4) is 11.8 Å². The summed E-state index contributed by atoms with van der Waals surface area (Å²) in [6.45, 7) is 0.351. The molecule has 108 valence electrons. The minimum atomic E-state index is -0.296. The molecule has 1 aliphatic heterocycles. The summed E-state index contributed by atoms with van der Waals surface area (Å²) >= 11 is 0. The van der Waals surface area contributed by atoms with E-state index < -0.39 is 0 Å². The Morgan fingerprint density at radius 3 is 2.32 bits per heavy atom. The molecule has 0 saturated carbocycles. The highest BCUT2D eigenvalue weighted by molar-refractivity contribution is 6.21. The fourth-order valence-corrected chi connectivity index (χ4v) is 2.35. The van der Waals surface area contributed by atoms with Crippen LogP contribution in [0.1, 0.15) is 26.3 Å². The number of amides is 2. The third-order valence-electron chi connectivity index (χ3n) is 3.42. The monoisotopic (exact) mass is 292 g/mol. The van der Waals surface area contributed by atoms with Crippen LogP contribution in [0.2, 0.25) is 0 Å². The van der Waals surface area contributed by atoms with Gasteiger partial charge in [-0.3, -0.25) is 14.5 Å². The fraction of sp³-hybridized carbons (Fsp3) is 0.118. The van der Waals surface area contributed by atoms with Crippen LogP contribution in [0.5, 0.6) is 5.75 Å². The number of hydrogen-bond acceptors (Lipinski definition) is 4. The number of nitrogens with zero attached hydrogens (tertiary/aromatic N) is 2. The van der Waals surface area contributed by atoms with Crippen LogP contribution in [-0.2, 0) is 0 Å². The van der Waals surface area contributed by atoms with Gasteiger partial charge in [0.25, 0.3) is 11.8 Å². The van der Waals surface area contributed by atoms with Crippen molar-refractivity contribution in [1.29, 1.82) is 5.26 Å². The van der Waals surface area contributed by atoms with Gasteiger partial charge in [-0.1, -0.05) is 18.2 Å². The van der Waals surface area contributed by atoms with Gasteiger partial charge in [-0.05, 0) is 30.3 Å². The van der Waals surface area contributed by atoms with E-state index in [0.29, 0.717) is 22.4 Å². The lowest BCUT2D eigenvalue weighted by Gasteiger charge is -2.14. The van der Waals surface area contributed by atoms with Crippen LogP contribution < -0.4 is 4.74 Å². The van der Waals surface area contributed by atoms with E-state index >= 15 is 0 Å². The molecule has 0 unspecified atom stereocenters. The standard InChI is InChI=1S/C17H12N2O3/c18-11-12-4-3-5-13(10-12)22-9-8-19-16(20)14-6-1-2-7-15(14)17(19)21/h1-7,10H,8-9H2. The third-order valence-corrected chi connectivity index (χ3v) is 3.42. The average molecular weight is 292 g/mol. The highest BCUT2D eigenvalue weighted by Gasteiger charge is 2.34. The summed E-state index contributed by atoms with van der Waals surface area (Å²) in [6.07, 6.45) is 0. The lowest BCUT2D eigenvalue weighted by molar-refractivity contribution is 0.0631. The van der Waals surface area contributed by atoms with Crippen molar-refractivity contribution in [2.45, 2.75) is 0 Å². The summed E-state index contributed by atoms with van der Waals surface area (Å²) in [6, 6.07) is 15.5. The molecule has 0 aliphatic carbocycles. The maximum absolute atomic E-state index is 12.2. The van der Waals surface area contributed by atoms with Crippen LogP contribution in [0.25, 0.3) is 0 Å². The first-order chi connectivity index (χ1) is 10.7. The van der Waals surface area contributed by atoms with E-state index in [0.717, 1.165) is 0 Å². The van der Waals surface area contributed by atoms with Crippen molar-refractivity contribution in [3.05, 3.63) is 65.2 Å². The SMILES string of the molecule is N#Cc1cccc(OCCN2C(=O)c3ccccc3C2=O)c1.